The van der Waals surface area contributed by atoms with Gasteiger partial charge in [-0.1, -0.05) is 12.2 Å². The van der Waals surface area contributed by atoms with E-state index in [0.29, 0.717) is 24.2 Å². The summed E-state index contributed by atoms with van der Waals surface area (Å²) in [6, 6.07) is 0. The normalized spacial score (nSPS) is 10.7. The third kappa shape index (κ3) is 22.7. The van der Waals surface area contributed by atoms with Crippen molar-refractivity contribution in [3.05, 3.63) is 23.3 Å². The van der Waals surface area contributed by atoms with E-state index < -0.39 is 5.97 Å². The fraction of sp³-hybridized carbons (Fsp3) is 0.625. The summed E-state index contributed by atoms with van der Waals surface area (Å²) in [6.07, 6.45) is 4.68. The van der Waals surface area contributed by atoms with Crippen LogP contribution in [0.2, 0.25) is 0 Å². The van der Waals surface area contributed by atoms with E-state index in [1.807, 2.05) is 0 Å². The molecule has 0 saturated heterocycles. The molecule has 0 aliphatic carbocycles. The Labute approximate surface area is 137 Å². The van der Waals surface area contributed by atoms with Crippen molar-refractivity contribution in [3.63, 3.8) is 0 Å². The van der Waals surface area contributed by atoms with Gasteiger partial charge >= 0.3 is 11.9 Å². The summed E-state index contributed by atoms with van der Waals surface area (Å²) >= 11 is 0. The third-order valence-corrected chi connectivity index (χ3v) is 2.41. The number of hydrogen-bond donors (Lipinski definition) is 4. The molecule has 0 aliphatic rings. The molecule has 7 heteroatoms. The van der Waals surface area contributed by atoms with Gasteiger partial charge in [0.05, 0.1) is 19.8 Å². The Bertz CT molecular complexity index is 357. The molecule has 0 heterocycles. The minimum atomic E-state index is -0.845. The van der Waals surface area contributed by atoms with E-state index in [0.717, 1.165) is 6.42 Å². The Kier molecular flexibility index (Phi) is 23.1. The van der Waals surface area contributed by atoms with E-state index in [-0.39, 0.29) is 25.8 Å². The number of carbonyl (C=O) groups is 2. The molecule has 0 fully saturated rings. The highest BCUT2D eigenvalue weighted by molar-refractivity contribution is 5.87. The van der Waals surface area contributed by atoms with Crippen LogP contribution in [0, 0.1) is 0 Å². The molecular weight excluding hydrogens is 304 g/mol. The van der Waals surface area contributed by atoms with Crippen molar-refractivity contribution in [1.29, 1.82) is 0 Å². The molecule has 0 rings (SSSR count). The fourth-order valence-corrected chi connectivity index (χ4v) is 0.734. The molecule has 0 saturated carbocycles. The average Bonchev–Trinajstić information content (AvgIpc) is 2.57. The van der Waals surface area contributed by atoms with Gasteiger partial charge in [0.2, 0.25) is 0 Å². The SMILES string of the molecule is CC=C(C)C(=O)O.CC=C(C)C(=O)OCCCCO.OCCO. The molecule has 0 unspecified atom stereocenters. The van der Waals surface area contributed by atoms with Crippen molar-refractivity contribution >= 4 is 11.9 Å². The van der Waals surface area contributed by atoms with Crippen LogP contribution in [0.3, 0.4) is 0 Å². The summed E-state index contributed by atoms with van der Waals surface area (Å²) in [5.74, 6) is -1.11. The van der Waals surface area contributed by atoms with Gasteiger partial charge in [-0.25, -0.2) is 9.59 Å². The van der Waals surface area contributed by atoms with Crippen LogP contribution in [0.4, 0.5) is 0 Å². The van der Waals surface area contributed by atoms with Crippen LogP contribution in [0.15, 0.2) is 23.3 Å². The molecule has 0 aromatic heterocycles. The third-order valence-electron chi connectivity index (χ3n) is 2.41. The van der Waals surface area contributed by atoms with Gasteiger partial charge < -0.3 is 25.2 Å². The van der Waals surface area contributed by atoms with E-state index in [2.05, 4.69) is 0 Å². The Balaban J connectivity index is -0.000000307. The number of esters is 1. The van der Waals surface area contributed by atoms with Gasteiger partial charge in [-0.05, 0) is 40.5 Å². The Morgan fingerprint density at radius 1 is 0.870 bits per heavy atom. The minimum absolute atomic E-state index is 0.125. The molecular formula is C16H30O7. The molecule has 4 N–H and O–H groups in total. The predicted molar refractivity (Wildman–Crippen MR) is 87.9 cm³/mol. The first-order chi connectivity index (χ1) is 10.8. The molecule has 0 aromatic rings. The molecule has 0 spiro atoms. The lowest BCUT2D eigenvalue weighted by Crippen LogP contribution is -2.07. The smallest absolute Gasteiger partial charge is 0.333 e. The maximum atomic E-state index is 11.0. The van der Waals surface area contributed by atoms with Gasteiger partial charge in [0.25, 0.3) is 0 Å². The summed E-state index contributed by atoms with van der Waals surface area (Å²) in [7, 11) is 0. The van der Waals surface area contributed by atoms with E-state index in [9.17, 15) is 9.59 Å². The molecule has 136 valence electrons. The van der Waals surface area contributed by atoms with Crippen LogP contribution in [-0.4, -0.2) is 58.8 Å². The highest BCUT2D eigenvalue weighted by atomic mass is 16.5. The van der Waals surface area contributed by atoms with E-state index in [4.69, 9.17) is 25.2 Å². The lowest BCUT2D eigenvalue weighted by Gasteiger charge is -2.02. The number of ether oxygens (including phenoxy) is 1. The van der Waals surface area contributed by atoms with Gasteiger partial charge in [0.1, 0.15) is 0 Å². The number of aliphatic hydroxyl groups excluding tert-OH is 3. The van der Waals surface area contributed by atoms with Crippen LogP contribution in [0.1, 0.15) is 40.5 Å². The number of allylic oxidation sites excluding steroid dienone is 2. The summed E-state index contributed by atoms with van der Waals surface area (Å²) in [5.41, 5.74) is 1.01. The first-order valence-corrected chi connectivity index (χ1v) is 7.31. The van der Waals surface area contributed by atoms with Crippen LogP contribution in [0.25, 0.3) is 0 Å². The van der Waals surface area contributed by atoms with E-state index in [1.54, 1.807) is 39.8 Å². The predicted octanol–water partition coefficient (Wildman–Crippen LogP) is 1.28. The maximum absolute atomic E-state index is 11.0. The number of carboxylic acids is 1. The van der Waals surface area contributed by atoms with E-state index >= 15 is 0 Å². The van der Waals surface area contributed by atoms with Crippen LogP contribution in [-0.2, 0) is 14.3 Å². The molecule has 0 aliphatic heterocycles. The van der Waals surface area contributed by atoms with Crippen molar-refractivity contribution < 1.29 is 34.8 Å². The minimum Gasteiger partial charge on any atom is -0.478 e. The number of carbonyl (C=O) groups excluding carboxylic acids is 1. The summed E-state index contributed by atoms with van der Waals surface area (Å²) in [6.45, 7) is 7.06. The highest BCUT2D eigenvalue weighted by Crippen LogP contribution is 1.97. The number of carboxylic acid groups (broad SMARTS) is 1. The number of unbranched alkanes of at least 4 members (excludes halogenated alkanes) is 1. The van der Waals surface area contributed by atoms with Crippen molar-refractivity contribution in [2.75, 3.05) is 26.4 Å². The largest absolute Gasteiger partial charge is 0.478 e. The zero-order valence-corrected chi connectivity index (χ0v) is 14.4. The monoisotopic (exact) mass is 334 g/mol. The first kappa shape index (κ1) is 26.2. The molecule has 0 bridgehead atoms. The van der Waals surface area contributed by atoms with E-state index in [1.165, 1.54) is 0 Å². The van der Waals surface area contributed by atoms with Gasteiger partial charge in [-0.3, -0.25) is 0 Å². The molecule has 0 radical (unpaired) electrons. The fourth-order valence-electron chi connectivity index (χ4n) is 0.734. The second-order valence-electron chi connectivity index (χ2n) is 4.26. The quantitative estimate of drug-likeness (QED) is 0.314. The lowest BCUT2D eigenvalue weighted by atomic mass is 10.3. The Morgan fingerprint density at radius 3 is 1.61 bits per heavy atom. The second-order valence-corrected chi connectivity index (χ2v) is 4.26. The number of aliphatic hydroxyl groups is 3. The zero-order valence-electron chi connectivity index (χ0n) is 14.4. The van der Waals surface area contributed by atoms with Crippen molar-refractivity contribution in [2.24, 2.45) is 0 Å². The Hall–Kier alpha value is -1.70. The number of hydrogen-bond acceptors (Lipinski definition) is 6. The van der Waals surface area contributed by atoms with Crippen LogP contribution >= 0.6 is 0 Å². The molecule has 0 atom stereocenters. The molecule has 0 aromatic carbocycles. The van der Waals surface area contributed by atoms with Crippen LogP contribution < -0.4 is 0 Å². The Morgan fingerprint density at radius 2 is 1.35 bits per heavy atom. The van der Waals surface area contributed by atoms with Crippen molar-refractivity contribution in [3.8, 4) is 0 Å². The molecule has 23 heavy (non-hydrogen) atoms. The summed E-state index contributed by atoms with van der Waals surface area (Å²) in [4.78, 5) is 20.8. The van der Waals surface area contributed by atoms with Crippen LogP contribution in [0.5, 0.6) is 0 Å². The van der Waals surface area contributed by atoms with Gasteiger partial charge in [0.15, 0.2) is 0 Å². The number of aliphatic carboxylic acids is 1. The second kappa shape index (κ2) is 20.3. The zero-order chi connectivity index (χ0) is 18.7. The molecule has 7 nitrogen and oxygen atoms in total. The number of rotatable bonds is 7. The topological polar surface area (TPSA) is 124 Å². The molecule has 0 amide bonds. The standard InChI is InChI=1S/C9H16O3.C5H8O2.C2H6O2/c1-3-8(2)9(11)12-7-5-4-6-10;1-3-4(2)5(6)7;3-1-2-4/h3,10H,4-7H2,1-2H3;3H,1-2H3,(H,6,7);3-4H,1-2H2. The lowest BCUT2D eigenvalue weighted by molar-refractivity contribution is -0.139. The first-order valence-electron chi connectivity index (χ1n) is 7.31. The summed E-state index contributed by atoms with van der Waals surface area (Å²) in [5, 5.41) is 31.8. The summed E-state index contributed by atoms with van der Waals surface area (Å²) < 4.78 is 4.88. The average molecular weight is 334 g/mol. The van der Waals surface area contributed by atoms with Gasteiger partial charge in [-0.2, -0.15) is 0 Å². The van der Waals surface area contributed by atoms with Gasteiger partial charge in [-0.15, -0.1) is 0 Å². The maximum Gasteiger partial charge on any atom is 0.333 e. The van der Waals surface area contributed by atoms with Gasteiger partial charge in [0, 0.05) is 17.8 Å². The van der Waals surface area contributed by atoms with Crippen molar-refractivity contribution in [1.82, 2.24) is 0 Å². The highest BCUT2D eigenvalue weighted by Gasteiger charge is 2.02. The van der Waals surface area contributed by atoms with Crippen molar-refractivity contribution in [2.45, 2.75) is 40.5 Å².